The number of alkyl carbamates (subject to hydrolysis) is 1. The molecule has 222 valence electrons. The van der Waals surface area contributed by atoms with Crippen LogP contribution in [0.25, 0.3) is 12.2 Å². The van der Waals surface area contributed by atoms with Gasteiger partial charge in [-0.05, 0) is 76.9 Å². The molecule has 0 aromatic heterocycles. The van der Waals surface area contributed by atoms with Crippen LogP contribution in [0.4, 0.5) is 10.5 Å². The van der Waals surface area contributed by atoms with Crippen LogP contribution in [0.2, 0.25) is 0 Å². The predicted molar refractivity (Wildman–Crippen MR) is 153 cm³/mol. The standard InChI is InChI=1S/C30H38N2O9/c1-29(2,3)40-25(33)16-21(32-28(35)41-30(4,5)6)27(34)31-20-13-18(11-12-22(20)36-7)9-10-19-14-23(37-8)26-24(15-19)38-17-39-26/h9-15,21H,16-17H2,1-8H3,(H,31,34)(H,32,35)/t21-/m0/s1. The van der Waals surface area contributed by atoms with E-state index in [4.69, 9.17) is 28.4 Å². The van der Waals surface area contributed by atoms with Gasteiger partial charge in [-0.15, -0.1) is 0 Å². The van der Waals surface area contributed by atoms with Gasteiger partial charge in [0.15, 0.2) is 11.5 Å². The molecular weight excluding hydrogens is 532 g/mol. The van der Waals surface area contributed by atoms with E-state index < -0.39 is 41.6 Å². The third-order valence-corrected chi connectivity index (χ3v) is 5.43. The first kappa shape index (κ1) is 31.1. The Morgan fingerprint density at radius 2 is 1.54 bits per heavy atom. The highest BCUT2D eigenvalue weighted by Crippen LogP contribution is 2.42. The van der Waals surface area contributed by atoms with Crippen LogP contribution in [0.5, 0.6) is 23.0 Å². The molecule has 1 aliphatic heterocycles. The number of ether oxygens (including phenoxy) is 6. The quantitative estimate of drug-likeness (QED) is 0.310. The summed E-state index contributed by atoms with van der Waals surface area (Å²) in [4.78, 5) is 38.4. The van der Waals surface area contributed by atoms with Crippen molar-refractivity contribution in [1.82, 2.24) is 5.32 Å². The predicted octanol–water partition coefficient (Wildman–Crippen LogP) is 5.17. The molecule has 0 saturated carbocycles. The Bertz CT molecular complexity index is 1280. The second-order valence-electron chi connectivity index (χ2n) is 11.2. The molecule has 41 heavy (non-hydrogen) atoms. The molecule has 1 heterocycles. The molecule has 1 atom stereocenters. The van der Waals surface area contributed by atoms with Gasteiger partial charge in [0, 0.05) is 0 Å². The average molecular weight is 571 g/mol. The summed E-state index contributed by atoms with van der Waals surface area (Å²) in [6.07, 6.45) is 2.44. The van der Waals surface area contributed by atoms with Gasteiger partial charge in [0.1, 0.15) is 23.0 Å². The maximum atomic E-state index is 13.4. The number of methoxy groups -OCH3 is 2. The Hall–Kier alpha value is -4.41. The Labute approximate surface area is 240 Å². The van der Waals surface area contributed by atoms with Crippen molar-refractivity contribution < 1.29 is 42.8 Å². The zero-order chi connectivity index (χ0) is 30.4. The summed E-state index contributed by atoms with van der Waals surface area (Å²) >= 11 is 0. The maximum Gasteiger partial charge on any atom is 0.408 e. The van der Waals surface area contributed by atoms with Crippen LogP contribution in [0.3, 0.4) is 0 Å². The first-order valence-corrected chi connectivity index (χ1v) is 13.0. The Morgan fingerprint density at radius 1 is 0.878 bits per heavy atom. The van der Waals surface area contributed by atoms with Gasteiger partial charge in [-0.1, -0.05) is 18.2 Å². The van der Waals surface area contributed by atoms with E-state index >= 15 is 0 Å². The van der Waals surface area contributed by atoms with E-state index in [9.17, 15) is 14.4 Å². The molecule has 0 saturated heterocycles. The van der Waals surface area contributed by atoms with Crippen LogP contribution < -0.4 is 29.6 Å². The van der Waals surface area contributed by atoms with Gasteiger partial charge in [0.05, 0.1) is 26.3 Å². The number of carbonyl (C=O) groups excluding carboxylic acids is 3. The zero-order valence-electron chi connectivity index (χ0n) is 24.7. The molecule has 0 spiro atoms. The number of rotatable bonds is 9. The van der Waals surface area contributed by atoms with E-state index in [0.29, 0.717) is 28.7 Å². The van der Waals surface area contributed by atoms with Gasteiger partial charge in [-0.25, -0.2) is 4.79 Å². The average Bonchev–Trinajstić information content (AvgIpc) is 3.33. The van der Waals surface area contributed by atoms with Gasteiger partial charge in [0.25, 0.3) is 0 Å². The summed E-state index contributed by atoms with van der Waals surface area (Å²) in [5.41, 5.74) is 0.315. The summed E-state index contributed by atoms with van der Waals surface area (Å²) in [6, 6.07) is 7.59. The molecule has 2 N–H and O–H groups in total. The van der Waals surface area contributed by atoms with Crippen molar-refractivity contribution >= 4 is 35.8 Å². The molecule has 11 nitrogen and oxygen atoms in total. The Balaban J connectivity index is 1.83. The number of hydrogen-bond acceptors (Lipinski definition) is 9. The van der Waals surface area contributed by atoms with E-state index in [1.54, 1.807) is 60.8 Å². The lowest BCUT2D eigenvalue weighted by Crippen LogP contribution is -2.47. The van der Waals surface area contributed by atoms with E-state index in [1.165, 1.54) is 7.11 Å². The molecule has 2 amide bonds. The largest absolute Gasteiger partial charge is 0.495 e. The third kappa shape index (κ3) is 9.33. The SMILES string of the molecule is COc1ccc(C=Cc2cc(OC)c3c(c2)OCO3)cc1NC(=O)[C@H](CC(=O)OC(C)(C)C)NC(=O)OC(C)(C)C. The van der Waals surface area contributed by atoms with Crippen molar-refractivity contribution in [3.63, 3.8) is 0 Å². The Morgan fingerprint density at radius 3 is 2.17 bits per heavy atom. The number of amides is 2. The molecule has 11 heteroatoms. The van der Waals surface area contributed by atoms with Gasteiger partial charge >= 0.3 is 12.1 Å². The highest BCUT2D eigenvalue weighted by Gasteiger charge is 2.29. The van der Waals surface area contributed by atoms with E-state index in [-0.39, 0.29) is 6.79 Å². The first-order chi connectivity index (χ1) is 19.2. The van der Waals surface area contributed by atoms with Crippen LogP contribution in [0, 0.1) is 0 Å². The molecular formula is C30H38N2O9. The molecule has 0 radical (unpaired) electrons. The number of anilines is 1. The fraction of sp³-hybridized carbons (Fsp3) is 0.433. The van der Waals surface area contributed by atoms with Gasteiger partial charge < -0.3 is 39.1 Å². The lowest BCUT2D eigenvalue weighted by molar-refractivity contribution is -0.156. The van der Waals surface area contributed by atoms with Gasteiger partial charge in [-0.3, -0.25) is 9.59 Å². The second kappa shape index (κ2) is 12.8. The molecule has 0 bridgehead atoms. The lowest BCUT2D eigenvalue weighted by Gasteiger charge is -2.25. The van der Waals surface area contributed by atoms with Gasteiger partial charge in [-0.2, -0.15) is 0 Å². The molecule has 0 aliphatic carbocycles. The summed E-state index contributed by atoms with van der Waals surface area (Å²) < 4.78 is 32.4. The first-order valence-electron chi connectivity index (χ1n) is 13.0. The van der Waals surface area contributed by atoms with Crippen molar-refractivity contribution in [2.45, 2.75) is 65.2 Å². The molecule has 2 aromatic rings. The minimum atomic E-state index is -1.27. The topological polar surface area (TPSA) is 131 Å². The van der Waals surface area contributed by atoms with E-state index in [2.05, 4.69) is 10.6 Å². The van der Waals surface area contributed by atoms with Crippen molar-refractivity contribution in [2.24, 2.45) is 0 Å². The van der Waals surface area contributed by atoms with Crippen LogP contribution in [-0.2, 0) is 19.1 Å². The van der Waals surface area contributed by atoms with Gasteiger partial charge in [0.2, 0.25) is 18.4 Å². The lowest BCUT2D eigenvalue weighted by atomic mass is 10.1. The molecule has 1 aliphatic rings. The van der Waals surface area contributed by atoms with E-state index in [0.717, 1.165) is 11.1 Å². The summed E-state index contributed by atoms with van der Waals surface area (Å²) in [7, 11) is 3.02. The highest BCUT2D eigenvalue weighted by atomic mass is 16.7. The number of hydrogen-bond donors (Lipinski definition) is 2. The summed E-state index contributed by atoms with van der Waals surface area (Å²) in [5, 5.41) is 5.23. The fourth-order valence-corrected chi connectivity index (χ4v) is 3.79. The summed E-state index contributed by atoms with van der Waals surface area (Å²) in [6.45, 7) is 10.3. The number of nitrogens with one attached hydrogen (secondary N) is 2. The number of benzene rings is 2. The number of fused-ring (bicyclic) bond motifs is 1. The molecule has 0 unspecified atom stereocenters. The fourth-order valence-electron chi connectivity index (χ4n) is 3.79. The monoisotopic (exact) mass is 570 g/mol. The van der Waals surface area contributed by atoms with E-state index in [1.807, 2.05) is 30.4 Å². The van der Waals surface area contributed by atoms with Crippen molar-refractivity contribution in [1.29, 1.82) is 0 Å². The van der Waals surface area contributed by atoms with Crippen molar-refractivity contribution in [3.05, 3.63) is 41.5 Å². The highest BCUT2D eigenvalue weighted by molar-refractivity contribution is 6.00. The number of carbonyl (C=O) groups is 3. The minimum absolute atomic E-state index is 0.123. The zero-order valence-corrected chi connectivity index (χ0v) is 24.7. The van der Waals surface area contributed by atoms with Crippen LogP contribution in [-0.4, -0.2) is 56.2 Å². The number of esters is 1. The van der Waals surface area contributed by atoms with Crippen LogP contribution >= 0.6 is 0 Å². The van der Waals surface area contributed by atoms with Crippen molar-refractivity contribution in [3.8, 4) is 23.0 Å². The maximum absolute atomic E-state index is 13.4. The Kier molecular flexibility index (Phi) is 9.75. The van der Waals surface area contributed by atoms with Crippen LogP contribution in [0.15, 0.2) is 30.3 Å². The van der Waals surface area contributed by atoms with Crippen molar-refractivity contribution in [2.75, 3.05) is 26.3 Å². The molecule has 2 aromatic carbocycles. The third-order valence-electron chi connectivity index (χ3n) is 5.43. The summed E-state index contributed by atoms with van der Waals surface area (Å²) in [5.74, 6) is 0.766. The smallest absolute Gasteiger partial charge is 0.408 e. The van der Waals surface area contributed by atoms with Crippen LogP contribution in [0.1, 0.15) is 59.1 Å². The molecule has 0 fully saturated rings. The normalized spacial score (nSPS) is 13.4. The minimum Gasteiger partial charge on any atom is -0.495 e. The molecule has 3 rings (SSSR count). The second-order valence-corrected chi connectivity index (χ2v) is 11.2.